The van der Waals surface area contributed by atoms with E-state index in [9.17, 15) is 4.79 Å². The first-order valence-electron chi connectivity index (χ1n) is 4.68. The number of aryl methyl sites for hydroxylation is 1. The lowest BCUT2D eigenvalue weighted by molar-refractivity contribution is 0.474. The molecule has 4 heteroatoms. The third kappa shape index (κ3) is 1.97. The Balaban J connectivity index is 2.57. The molecular weight excluding hydrogens is 214 g/mol. The van der Waals surface area contributed by atoms with Gasteiger partial charge >= 0.3 is 5.76 Å². The molecule has 1 aromatic carbocycles. The summed E-state index contributed by atoms with van der Waals surface area (Å²) in [5.41, 5.74) is 1.58. The number of aromatic amines is 1. The zero-order valence-corrected chi connectivity index (χ0v) is 8.97. The van der Waals surface area contributed by atoms with E-state index in [1.165, 1.54) is 0 Å². The largest absolute Gasteiger partial charge is 0.416 e. The summed E-state index contributed by atoms with van der Waals surface area (Å²) in [6.07, 6.45) is 0.667. The molecule has 0 aliphatic carbocycles. The van der Waals surface area contributed by atoms with Crippen LogP contribution in [0.4, 0.5) is 0 Å². The van der Waals surface area contributed by atoms with Crippen molar-refractivity contribution in [2.45, 2.75) is 13.3 Å². The van der Waals surface area contributed by atoms with Crippen LogP contribution >= 0.6 is 11.6 Å². The summed E-state index contributed by atoms with van der Waals surface area (Å²) < 4.78 is 5.00. The van der Waals surface area contributed by atoms with Gasteiger partial charge in [-0.05, 0) is 12.1 Å². The monoisotopic (exact) mass is 223 g/mol. The number of benzene rings is 1. The van der Waals surface area contributed by atoms with Crippen molar-refractivity contribution in [2.24, 2.45) is 0 Å². The Morgan fingerprint density at radius 1 is 1.47 bits per heavy atom. The van der Waals surface area contributed by atoms with Crippen LogP contribution in [0.1, 0.15) is 12.7 Å². The minimum Gasteiger partial charge on any atom is -0.412 e. The van der Waals surface area contributed by atoms with E-state index in [0.29, 0.717) is 22.9 Å². The number of nitrogens with one attached hydrogen (secondary N) is 1. The van der Waals surface area contributed by atoms with Crippen molar-refractivity contribution in [3.8, 4) is 11.3 Å². The van der Waals surface area contributed by atoms with Gasteiger partial charge in [0.1, 0.15) is 5.76 Å². The van der Waals surface area contributed by atoms with Crippen LogP contribution in [-0.2, 0) is 6.42 Å². The van der Waals surface area contributed by atoms with Gasteiger partial charge in [0, 0.05) is 17.0 Å². The molecule has 0 saturated carbocycles. The fraction of sp³-hybridized carbons (Fsp3) is 0.182. The third-order valence-corrected chi connectivity index (χ3v) is 2.39. The van der Waals surface area contributed by atoms with Gasteiger partial charge in [-0.25, -0.2) is 4.79 Å². The molecule has 3 nitrogen and oxygen atoms in total. The highest BCUT2D eigenvalue weighted by molar-refractivity contribution is 6.30. The second-order valence-electron chi connectivity index (χ2n) is 3.18. The first-order chi connectivity index (χ1) is 7.20. The van der Waals surface area contributed by atoms with E-state index in [2.05, 4.69) is 4.98 Å². The van der Waals surface area contributed by atoms with Crippen molar-refractivity contribution in [1.82, 2.24) is 4.98 Å². The highest BCUT2D eigenvalue weighted by Gasteiger charge is 2.09. The molecule has 0 fully saturated rings. The molecule has 2 aromatic rings. The molecule has 0 aliphatic heterocycles. The smallest absolute Gasteiger partial charge is 0.412 e. The molecule has 1 heterocycles. The van der Waals surface area contributed by atoms with Crippen LogP contribution in [0.3, 0.4) is 0 Å². The van der Waals surface area contributed by atoms with Crippen LogP contribution in [0.2, 0.25) is 5.02 Å². The predicted octanol–water partition coefficient (Wildman–Crippen LogP) is 2.85. The standard InChI is InChI=1S/C11H10ClNO2/c1-2-9-10(13-11(14)15-9)7-4-3-5-8(12)6-7/h3-6H,2H2,1H3,(H,13,14). The Kier molecular flexibility index (Phi) is 2.64. The van der Waals surface area contributed by atoms with Crippen molar-refractivity contribution < 1.29 is 4.42 Å². The lowest BCUT2D eigenvalue weighted by Gasteiger charge is -1.99. The van der Waals surface area contributed by atoms with Gasteiger partial charge in [-0.3, -0.25) is 4.98 Å². The molecule has 78 valence electrons. The molecule has 15 heavy (non-hydrogen) atoms. The third-order valence-electron chi connectivity index (χ3n) is 2.16. The van der Waals surface area contributed by atoms with Crippen molar-refractivity contribution in [1.29, 1.82) is 0 Å². The van der Waals surface area contributed by atoms with Gasteiger partial charge in [0.05, 0.1) is 5.69 Å². The average Bonchev–Trinajstić information content (AvgIpc) is 2.59. The maximum absolute atomic E-state index is 11.1. The maximum Gasteiger partial charge on any atom is 0.416 e. The maximum atomic E-state index is 11.1. The summed E-state index contributed by atoms with van der Waals surface area (Å²) in [5.74, 6) is 0.226. The molecule has 0 atom stereocenters. The van der Waals surface area contributed by atoms with Gasteiger partial charge in [-0.2, -0.15) is 0 Å². The summed E-state index contributed by atoms with van der Waals surface area (Å²) in [6, 6.07) is 7.30. The highest BCUT2D eigenvalue weighted by Crippen LogP contribution is 2.23. The fourth-order valence-corrected chi connectivity index (χ4v) is 1.68. The summed E-state index contributed by atoms with van der Waals surface area (Å²) in [6.45, 7) is 1.93. The molecule has 0 unspecified atom stereocenters. The Hall–Kier alpha value is -1.48. The van der Waals surface area contributed by atoms with E-state index in [1.54, 1.807) is 12.1 Å². The fourth-order valence-electron chi connectivity index (χ4n) is 1.49. The second kappa shape index (κ2) is 3.95. The first-order valence-corrected chi connectivity index (χ1v) is 5.06. The van der Waals surface area contributed by atoms with Crippen molar-refractivity contribution in [3.05, 3.63) is 45.6 Å². The molecule has 0 saturated heterocycles. The summed E-state index contributed by atoms with van der Waals surface area (Å²) in [7, 11) is 0. The van der Waals surface area contributed by atoms with Crippen LogP contribution in [0.25, 0.3) is 11.3 Å². The lowest BCUT2D eigenvalue weighted by atomic mass is 10.1. The van der Waals surface area contributed by atoms with Gasteiger partial charge < -0.3 is 4.42 Å². The number of rotatable bonds is 2. The van der Waals surface area contributed by atoms with E-state index in [0.717, 1.165) is 5.56 Å². The summed E-state index contributed by atoms with van der Waals surface area (Å²) in [5, 5.41) is 0.636. The van der Waals surface area contributed by atoms with Gasteiger partial charge in [0.25, 0.3) is 0 Å². The predicted molar refractivity (Wildman–Crippen MR) is 59.2 cm³/mol. The van der Waals surface area contributed by atoms with Crippen LogP contribution < -0.4 is 5.76 Å². The molecule has 0 amide bonds. The second-order valence-corrected chi connectivity index (χ2v) is 3.61. The zero-order chi connectivity index (χ0) is 10.8. The lowest BCUT2D eigenvalue weighted by Crippen LogP contribution is -1.94. The van der Waals surface area contributed by atoms with E-state index >= 15 is 0 Å². The van der Waals surface area contributed by atoms with E-state index in [1.807, 2.05) is 19.1 Å². The van der Waals surface area contributed by atoms with Gasteiger partial charge in [0.15, 0.2) is 0 Å². The zero-order valence-electron chi connectivity index (χ0n) is 8.21. The number of hydrogen-bond donors (Lipinski definition) is 1. The number of H-pyrrole nitrogens is 1. The number of halogens is 1. The molecule has 0 spiro atoms. The number of aromatic nitrogens is 1. The van der Waals surface area contributed by atoms with Gasteiger partial charge in [-0.1, -0.05) is 30.7 Å². The van der Waals surface area contributed by atoms with Gasteiger partial charge in [-0.15, -0.1) is 0 Å². The summed E-state index contributed by atoms with van der Waals surface area (Å²) in [4.78, 5) is 13.7. The first kappa shape index (κ1) is 10.1. The Morgan fingerprint density at radius 3 is 2.93 bits per heavy atom. The topological polar surface area (TPSA) is 46.0 Å². The minimum absolute atomic E-state index is 0.429. The Labute approximate surface area is 91.7 Å². The summed E-state index contributed by atoms with van der Waals surface area (Å²) >= 11 is 5.87. The van der Waals surface area contributed by atoms with Crippen LogP contribution in [-0.4, -0.2) is 4.98 Å². The van der Waals surface area contributed by atoms with E-state index in [-0.39, 0.29) is 0 Å². The van der Waals surface area contributed by atoms with Crippen LogP contribution in [0, 0.1) is 0 Å². The normalized spacial score (nSPS) is 10.5. The van der Waals surface area contributed by atoms with Crippen molar-refractivity contribution >= 4 is 11.6 Å². The number of hydrogen-bond acceptors (Lipinski definition) is 2. The average molecular weight is 224 g/mol. The minimum atomic E-state index is -0.429. The van der Waals surface area contributed by atoms with E-state index in [4.69, 9.17) is 16.0 Å². The number of oxazole rings is 1. The molecule has 1 aromatic heterocycles. The molecule has 0 radical (unpaired) electrons. The Morgan fingerprint density at radius 2 is 2.27 bits per heavy atom. The van der Waals surface area contributed by atoms with Crippen LogP contribution in [0.5, 0.6) is 0 Å². The van der Waals surface area contributed by atoms with Crippen molar-refractivity contribution in [2.75, 3.05) is 0 Å². The van der Waals surface area contributed by atoms with Crippen molar-refractivity contribution in [3.63, 3.8) is 0 Å². The van der Waals surface area contributed by atoms with Gasteiger partial charge in [0.2, 0.25) is 0 Å². The molecule has 1 N–H and O–H groups in total. The molecular formula is C11H10ClNO2. The Bertz CT molecular complexity index is 527. The highest BCUT2D eigenvalue weighted by atomic mass is 35.5. The molecule has 2 rings (SSSR count). The SMILES string of the molecule is CCc1oc(=O)[nH]c1-c1cccc(Cl)c1. The quantitative estimate of drug-likeness (QED) is 0.851. The molecule has 0 bridgehead atoms. The van der Waals surface area contributed by atoms with Crippen LogP contribution in [0.15, 0.2) is 33.5 Å². The van der Waals surface area contributed by atoms with E-state index < -0.39 is 5.76 Å². The molecule has 0 aliphatic rings.